The fraction of sp³-hybridized carbons (Fsp3) is 0.417. The van der Waals surface area contributed by atoms with Crippen LogP contribution in [0.15, 0.2) is 54.6 Å². The van der Waals surface area contributed by atoms with Crippen LogP contribution in [0.25, 0.3) is 0 Å². The summed E-state index contributed by atoms with van der Waals surface area (Å²) < 4.78 is 0. The topological polar surface area (TPSA) is 69.9 Å². The maximum Gasteiger partial charge on any atom is 0.237 e. The van der Waals surface area contributed by atoms with Crippen molar-refractivity contribution >= 4 is 11.8 Å². The molecular formula is C24H32N4O2. The van der Waals surface area contributed by atoms with Gasteiger partial charge in [-0.3, -0.25) is 19.4 Å². The smallest absolute Gasteiger partial charge is 0.237 e. The predicted octanol–water partition coefficient (Wildman–Crippen LogP) is 2.02. The second-order valence-corrected chi connectivity index (χ2v) is 8.00. The highest BCUT2D eigenvalue weighted by Gasteiger charge is 2.22. The third-order valence-corrected chi connectivity index (χ3v) is 5.68. The first-order valence-electron chi connectivity index (χ1n) is 10.6. The number of carbonyl (C=O) groups excluding carboxylic acids is 2. The minimum atomic E-state index is -0.384. The summed E-state index contributed by atoms with van der Waals surface area (Å²) >= 11 is 0. The van der Waals surface area contributed by atoms with Gasteiger partial charge < -0.3 is 10.6 Å². The standard InChI is InChI=1S/C24H32N4O2/c1-20-7-5-6-10-22(20)18-26-13-15-27(16-14-26)19-24(30)28(12-11-23(25)29)17-21-8-3-2-4-9-21/h2-10H,11-19H2,1H3,(H2,25,29). The largest absolute Gasteiger partial charge is 0.370 e. The van der Waals surface area contributed by atoms with Gasteiger partial charge in [0.25, 0.3) is 0 Å². The van der Waals surface area contributed by atoms with E-state index in [1.54, 1.807) is 4.90 Å². The Labute approximate surface area is 179 Å². The third kappa shape index (κ3) is 6.68. The summed E-state index contributed by atoms with van der Waals surface area (Å²) in [6.45, 7) is 7.97. The molecule has 1 aliphatic rings. The minimum Gasteiger partial charge on any atom is -0.370 e. The van der Waals surface area contributed by atoms with Gasteiger partial charge >= 0.3 is 0 Å². The normalized spacial score (nSPS) is 15.1. The van der Waals surface area contributed by atoms with E-state index in [0.29, 0.717) is 19.6 Å². The fourth-order valence-corrected chi connectivity index (χ4v) is 3.77. The lowest BCUT2D eigenvalue weighted by molar-refractivity contribution is -0.134. The first kappa shape index (κ1) is 22.0. The number of rotatable bonds is 9. The zero-order valence-electron chi connectivity index (χ0n) is 17.8. The van der Waals surface area contributed by atoms with Crippen LogP contribution in [-0.2, 0) is 22.7 Å². The predicted molar refractivity (Wildman–Crippen MR) is 119 cm³/mol. The zero-order valence-corrected chi connectivity index (χ0v) is 17.8. The minimum absolute atomic E-state index is 0.0486. The van der Waals surface area contributed by atoms with E-state index in [-0.39, 0.29) is 18.2 Å². The van der Waals surface area contributed by atoms with Gasteiger partial charge in [-0.15, -0.1) is 0 Å². The molecule has 0 unspecified atom stereocenters. The van der Waals surface area contributed by atoms with Gasteiger partial charge in [-0.25, -0.2) is 0 Å². The highest BCUT2D eigenvalue weighted by atomic mass is 16.2. The molecule has 2 N–H and O–H groups in total. The van der Waals surface area contributed by atoms with Crippen molar-refractivity contribution in [3.05, 3.63) is 71.3 Å². The average Bonchev–Trinajstić information content (AvgIpc) is 2.74. The van der Waals surface area contributed by atoms with Crippen molar-refractivity contribution in [2.24, 2.45) is 5.73 Å². The van der Waals surface area contributed by atoms with Gasteiger partial charge in [0.15, 0.2) is 0 Å². The van der Waals surface area contributed by atoms with Crippen molar-refractivity contribution in [3.8, 4) is 0 Å². The van der Waals surface area contributed by atoms with Crippen molar-refractivity contribution in [3.63, 3.8) is 0 Å². The number of primary amides is 1. The maximum atomic E-state index is 13.0. The molecule has 1 saturated heterocycles. The molecule has 1 aliphatic heterocycles. The summed E-state index contributed by atoms with van der Waals surface area (Å²) in [4.78, 5) is 30.6. The Morgan fingerprint density at radius 2 is 1.57 bits per heavy atom. The van der Waals surface area contributed by atoms with Gasteiger partial charge in [0.2, 0.25) is 11.8 Å². The van der Waals surface area contributed by atoms with E-state index in [4.69, 9.17) is 5.73 Å². The molecule has 1 fully saturated rings. The van der Waals surface area contributed by atoms with Gasteiger partial charge in [0, 0.05) is 52.2 Å². The summed E-state index contributed by atoms with van der Waals surface area (Å²) in [7, 11) is 0. The van der Waals surface area contributed by atoms with E-state index in [0.717, 1.165) is 38.3 Å². The van der Waals surface area contributed by atoms with Gasteiger partial charge in [0.1, 0.15) is 0 Å². The second kappa shape index (κ2) is 10.9. The first-order chi connectivity index (χ1) is 14.5. The van der Waals surface area contributed by atoms with Crippen LogP contribution in [0.5, 0.6) is 0 Å². The number of benzene rings is 2. The fourth-order valence-electron chi connectivity index (χ4n) is 3.77. The van der Waals surface area contributed by atoms with Crippen LogP contribution in [0.3, 0.4) is 0 Å². The SMILES string of the molecule is Cc1ccccc1CN1CCN(CC(=O)N(CCC(N)=O)Cc2ccccc2)CC1. The highest BCUT2D eigenvalue weighted by Crippen LogP contribution is 2.13. The average molecular weight is 409 g/mol. The van der Waals surface area contributed by atoms with Crippen molar-refractivity contribution in [2.45, 2.75) is 26.4 Å². The lowest BCUT2D eigenvalue weighted by atomic mass is 10.1. The Morgan fingerprint density at radius 1 is 0.933 bits per heavy atom. The van der Waals surface area contributed by atoms with Crippen molar-refractivity contribution in [1.82, 2.24) is 14.7 Å². The second-order valence-electron chi connectivity index (χ2n) is 8.00. The number of amides is 2. The van der Waals surface area contributed by atoms with E-state index >= 15 is 0 Å². The van der Waals surface area contributed by atoms with Crippen molar-refractivity contribution < 1.29 is 9.59 Å². The summed E-state index contributed by atoms with van der Waals surface area (Å²) in [5, 5.41) is 0. The Bertz CT molecular complexity index is 832. The molecule has 2 amide bonds. The van der Waals surface area contributed by atoms with Crippen LogP contribution in [0.2, 0.25) is 0 Å². The molecule has 0 spiro atoms. The van der Waals surface area contributed by atoms with E-state index < -0.39 is 0 Å². The van der Waals surface area contributed by atoms with Crippen LogP contribution in [0.4, 0.5) is 0 Å². The van der Waals surface area contributed by atoms with Crippen LogP contribution < -0.4 is 5.73 Å². The van der Waals surface area contributed by atoms with Gasteiger partial charge in [0.05, 0.1) is 6.54 Å². The molecule has 2 aromatic rings. The summed E-state index contributed by atoms with van der Waals surface area (Å²) in [6, 6.07) is 18.4. The summed E-state index contributed by atoms with van der Waals surface area (Å²) in [5.74, 6) is -0.335. The maximum absolute atomic E-state index is 13.0. The molecule has 3 rings (SSSR count). The molecule has 0 aromatic heterocycles. The number of hydrogen-bond donors (Lipinski definition) is 1. The Balaban J connectivity index is 1.51. The number of hydrogen-bond acceptors (Lipinski definition) is 4. The molecule has 0 bridgehead atoms. The molecule has 1 heterocycles. The van der Waals surface area contributed by atoms with Gasteiger partial charge in [-0.05, 0) is 23.6 Å². The van der Waals surface area contributed by atoms with Crippen molar-refractivity contribution in [1.29, 1.82) is 0 Å². The molecule has 2 aromatic carbocycles. The zero-order chi connectivity index (χ0) is 21.3. The van der Waals surface area contributed by atoms with E-state index in [9.17, 15) is 9.59 Å². The monoisotopic (exact) mass is 408 g/mol. The molecule has 30 heavy (non-hydrogen) atoms. The van der Waals surface area contributed by atoms with Crippen LogP contribution >= 0.6 is 0 Å². The molecule has 0 aliphatic carbocycles. The van der Waals surface area contributed by atoms with Gasteiger partial charge in [-0.2, -0.15) is 0 Å². The molecular weight excluding hydrogens is 376 g/mol. The summed E-state index contributed by atoms with van der Waals surface area (Å²) in [6.07, 6.45) is 0.183. The Morgan fingerprint density at radius 3 is 2.23 bits per heavy atom. The lowest BCUT2D eigenvalue weighted by Gasteiger charge is -2.35. The lowest BCUT2D eigenvalue weighted by Crippen LogP contribution is -2.50. The van der Waals surface area contributed by atoms with E-state index in [1.807, 2.05) is 30.3 Å². The molecule has 6 heteroatoms. The number of piperazine rings is 1. The van der Waals surface area contributed by atoms with Gasteiger partial charge in [-0.1, -0.05) is 54.6 Å². The van der Waals surface area contributed by atoms with Crippen LogP contribution in [-0.4, -0.2) is 65.8 Å². The van der Waals surface area contributed by atoms with E-state index in [2.05, 4.69) is 41.0 Å². The first-order valence-corrected chi connectivity index (χ1v) is 10.6. The molecule has 0 radical (unpaired) electrons. The number of carbonyl (C=O) groups is 2. The molecule has 0 atom stereocenters. The highest BCUT2D eigenvalue weighted by molar-refractivity contribution is 5.79. The quantitative estimate of drug-likeness (QED) is 0.689. The Hall–Kier alpha value is -2.70. The van der Waals surface area contributed by atoms with Crippen LogP contribution in [0, 0.1) is 6.92 Å². The molecule has 0 saturated carbocycles. The molecule has 160 valence electrons. The number of nitrogens with two attached hydrogens (primary N) is 1. The third-order valence-electron chi connectivity index (χ3n) is 5.68. The number of aryl methyl sites for hydroxylation is 1. The summed E-state index contributed by atoms with van der Waals surface area (Å²) in [5.41, 5.74) is 9.05. The van der Waals surface area contributed by atoms with Crippen molar-refractivity contribution in [2.75, 3.05) is 39.3 Å². The Kier molecular flexibility index (Phi) is 7.99. The number of nitrogens with zero attached hydrogens (tertiary/aromatic N) is 3. The van der Waals surface area contributed by atoms with E-state index in [1.165, 1.54) is 11.1 Å². The molecule has 6 nitrogen and oxygen atoms in total. The van der Waals surface area contributed by atoms with Crippen LogP contribution in [0.1, 0.15) is 23.1 Å².